The summed E-state index contributed by atoms with van der Waals surface area (Å²) in [5, 5.41) is 37.8. The van der Waals surface area contributed by atoms with E-state index in [-0.39, 0.29) is 12.2 Å². The summed E-state index contributed by atoms with van der Waals surface area (Å²) in [7, 11) is 0. The molecule has 0 radical (unpaired) electrons. The Hall–Kier alpha value is -3.18. The SMILES string of the molecule is O=C(O)CNC(=O)C(Cc1ccc(O)cc1)NC(=O)C(CO)NC(=O)C1CCCN1. The Kier molecular flexibility index (Phi) is 8.56. The minimum atomic E-state index is -1.27. The summed E-state index contributed by atoms with van der Waals surface area (Å²) < 4.78 is 0. The van der Waals surface area contributed by atoms with E-state index in [4.69, 9.17) is 5.11 Å². The van der Waals surface area contributed by atoms with E-state index in [0.717, 1.165) is 6.42 Å². The van der Waals surface area contributed by atoms with Gasteiger partial charge < -0.3 is 36.6 Å². The third-order valence-corrected chi connectivity index (χ3v) is 4.62. The molecule has 1 aliphatic heterocycles. The van der Waals surface area contributed by atoms with Crippen LogP contribution in [0.25, 0.3) is 0 Å². The van der Waals surface area contributed by atoms with E-state index < -0.39 is 55.0 Å². The monoisotopic (exact) mass is 422 g/mol. The number of carbonyl (C=O) groups is 4. The van der Waals surface area contributed by atoms with Gasteiger partial charge in [-0.25, -0.2) is 0 Å². The quantitative estimate of drug-likeness (QED) is 0.223. The van der Waals surface area contributed by atoms with Crippen molar-refractivity contribution in [3.05, 3.63) is 29.8 Å². The van der Waals surface area contributed by atoms with Gasteiger partial charge >= 0.3 is 5.97 Å². The van der Waals surface area contributed by atoms with Gasteiger partial charge in [0.15, 0.2) is 0 Å². The number of aromatic hydroxyl groups is 1. The van der Waals surface area contributed by atoms with E-state index in [1.807, 2.05) is 0 Å². The van der Waals surface area contributed by atoms with Crippen LogP contribution in [0.1, 0.15) is 18.4 Å². The van der Waals surface area contributed by atoms with Crippen LogP contribution >= 0.6 is 0 Å². The van der Waals surface area contributed by atoms with Crippen molar-refractivity contribution in [1.82, 2.24) is 21.3 Å². The number of hydrogen-bond acceptors (Lipinski definition) is 7. The fourth-order valence-corrected chi connectivity index (χ4v) is 3.01. The average Bonchev–Trinajstić information content (AvgIpc) is 3.26. The van der Waals surface area contributed by atoms with Gasteiger partial charge in [0.25, 0.3) is 0 Å². The normalized spacial score (nSPS) is 17.6. The predicted octanol–water partition coefficient (Wildman–Crippen LogP) is -2.15. The molecule has 164 valence electrons. The van der Waals surface area contributed by atoms with Crippen LogP contribution in [0.15, 0.2) is 24.3 Å². The van der Waals surface area contributed by atoms with Gasteiger partial charge in [-0.2, -0.15) is 0 Å². The van der Waals surface area contributed by atoms with Gasteiger partial charge in [-0.15, -0.1) is 0 Å². The van der Waals surface area contributed by atoms with Crippen LogP contribution in [-0.4, -0.2) is 76.8 Å². The molecule has 3 amide bonds. The number of benzene rings is 1. The molecule has 0 aromatic heterocycles. The molecule has 1 saturated heterocycles. The first-order valence-corrected chi connectivity index (χ1v) is 9.52. The highest BCUT2D eigenvalue weighted by Crippen LogP contribution is 2.12. The topological polar surface area (TPSA) is 177 Å². The van der Waals surface area contributed by atoms with Crippen molar-refractivity contribution in [1.29, 1.82) is 0 Å². The summed E-state index contributed by atoms with van der Waals surface area (Å²) in [5.41, 5.74) is 0.600. The number of hydrogen-bond donors (Lipinski definition) is 7. The average molecular weight is 422 g/mol. The predicted molar refractivity (Wildman–Crippen MR) is 104 cm³/mol. The molecular formula is C19H26N4O7. The molecule has 3 atom stereocenters. The van der Waals surface area contributed by atoms with Crippen molar-refractivity contribution in [2.75, 3.05) is 19.7 Å². The molecule has 1 aromatic rings. The molecule has 1 aliphatic rings. The fourth-order valence-electron chi connectivity index (χ4n) is 3.01. The van der Waals surface area contributed by atoms with Gasteiger partial charge in [0.1, 0.15) is 24.4 Å². The van der Waals surface area contributed by atoms with Crippen LogP contribution < -0.4 is 21.3 Å². The van der Waals surface area contributed by atoms with E-state index in [0.29, 0.717) is 18.5 Å². The smallest absolute Gasteiger partial charge is 0.322 e. The Morgan fingerprint density at radius 1 is 1.07 bits per heavy atom. The number of phenols is 1. The molecule has 3 unspecified atom stereocenters. The maximum atomic E-state index is 12.6. The third-order valence-electron chi connectivity index (χ3n) is 4.62. The molecule has 11 heteroatoms. The van der Waals surface area contributed by atoms with Crippen molar-refractivity contribution in [3.63, 3.8) is 0 Å². The Balaban J connectivity index is 2.06. The minimum absolute atomic E-state index is 0.00769. The van der Waals surface area contributed by atoms with E-state index in [2.05, 4.69) is 21.3 Å². The molecule has 0 aliphatic carbocycles. The third kappa shape index (κ3) is 7.01. The zero-order chi connectivity index (χ0) is 22.1. The molecule has 30 heavy (non-hydrogen) atoms. The summed E-state index contributed by atoms with van der Waals surface area (Å²) in [4.78, 5) is 47.9. The highest BCUT2D eigenvalue weighted by Gasteiger charge is 2.29. The Labute approximate surface area is 172 Å². The van der Waals surface area contributed by atoms with E-state index in [9.17, 15) is 29.4 Å². The number of aliphatic carboxylic acids is 1. The molecule has 1 heterocycles. The number of aliphatic hydroxyl groups is 1. The number of nitrogens with one attached hydrogen (secondary N) is 4. The summed E-state index contributed by atoms with van der Waals surface area (Å²) in [6, 6.07) is 3.06. The molecule has 1 aromatic carbocycles. The van der Waals surface area contributed by atoms with Gasteiger partial charge in [0, 0.05) is 6.42 Å². The van der Waals surface area contributed by atoms with Gasteiger partial charge in [0.2, 0.25) is 17.7 Å². The van der Waals surface area contributed by atoms with Crippen molar-refractivity contribution >= 4 is 23.7 Å². The number of phenolic OH excluding ortho intramolecular Hbond substituents is 1. The minimum Gasteiger partial charge on any atom is -0.508 e. The molecule has 11 nitrogen and oxygen atoms in total. The van der Waals surface area contributed by atoms with E-state index in [1.165, 1.54) is 12.1 Å². The first-order chi connectivity index (χ1) is 14.3. The van der Waals surface area contributed by atoms with Crippen LogP contribution in [0.3, 0.4) is 0 Å². The number of rotatable bonds is 10. The van der Waals surface area contributed by atoms with Crippen molar-refractivity contribution in [2.24, 2.45) is 0 Å². The first-order valence-electron chi connectivity index (χ1n) is 9.52. The second-order valence-corrected chi connectivity index (χ2v) is 6.94. The molecule has 1 fully saturated rings. The standard InChI is InChI=1S/C19H26N4O7/c24-10-15(23-18(29)13-2-1-7-20-13)19(30)22-14(17(28)21-9-16(26)27)8-11-3-5-12(25)6-4-11/h3-6,13-15,20,24-25H,1-2,7-10H2,(H,21,28)(H,22,30)(H,23,29)(H,26,27). The second kappa shape index (κ2) is 11.1. The maximum Gasteiger partial charge on any atom is 0.322 e. The number of aliphatic hydroxyl groups excluding tert-OH is 1. The Morgan fingerprint density at radius 3 is 2.33 bits per heavy atom. The lowest BCUT2D eigenvalue weighted by atomic mass is 10.0. The molecule has 0 saturated carbocycles. The second-order valence-electron chi connectivity index (χ2n) is 6.94. The molecule has 7 N–H and O–H groups in total. The maximum absolute atomic E-state index is 12.6. The van der Waals surface area contributed by atoms with E-state index >= 15 is 0 Å². The lowest BCUT2D eigenvalue weighted by molar-refractivity contribution is -0.138. The first kappa shape index (κ1) is 23.1. The number of amides is 3. The Morgan fingerprint density at radius 2 is 1.77 bits per heavy atom. The Bertz CT molecular complexity index is 763. The van der Waals surface area contributed by atoms with Gasteiger partial charge in [-0.05, 0) is 37.1 Å². The molecule has 0 spiro atoms. The van der Waals surface area contributed by atoms with Gasteiger partial charge in [-0.1, -0.05) is 12.1 Å². The van der Waals surface area contributed by atoms with Crippen LogP contribution in [0.5, 0.6) is 5.75 Å². The van der Waals surface area contributed by atoms with Crippen LogP contribution in [0.2, 0.25) is 0 Å². The number of carbonyl (C=O) groups excluding carboxylic acids is 3. The van der Waals surface area contributed by atoms with Crippen molar-refractivity contribution in [2.45, 2.75) is 37.4 Å². The summed E-state index contributed by atoms with van der Waals surface area (Å²) in [5.74, 6) is -3.16. The highest BCUT2D eigenvalue weighted by molar-refractivity contribution is 5.94. The lowest BCUT2D eigenvalue weighted by Crippen LogP contribution is -2.57. The van der Waals surface area contributed by atoms with Crippen molar-refractivity contribution in [3.8, 4) is 5.75 Å². The van der Waals surface area contributed by atoms with Crippen LogP contribution in [0, 0.1) is 0 Å². The number of carboxylic acid groups (broad SMARTS) is 1. The fraction of sp³-hybridized carbons (Fsp3) is 0.474. The van der Waals surface area contributed by atoms with Gasteiger partial charge in [-0.3, -0.25) is 19.2 Å². The zero-order valence-corrected chi connectivity index (χ0v) is 16.3. The largest absolute Gasteiger partial charge is 0.508 e. The highest BCUT2D eigenvalue weighted by atomic mass is 16.4. The van der Waals surface area contributed by atoms with Gasteiger partial charge in [0.05, 0.1) is 12.6 Å². The van der Waals surface area contributed by atoms with Crippen molar-refractivity contribution < 1.29 is 34.5 Å². The summed E-state index contributed by atoms with van der Waals surface area (Å²) in [6.45, 7) is -0.617. The van der Waals surface area contributed by atoms with Crippen LogP contribution in [0.4, 0.5) is 0 Å². The van der Waals surface area contributed by atoms with Crippen LogP contribution in [-0.2, 0) is 25.6 Å². The zero-order valence-electron chi connectivity index (χ0n) is 16.3. The lowest BCUT2D eigenvalue weighted by Gasteiger charge is -2.23. The molecule has 2 rings (SSSR count). The number of carboxylic acids is 1. The molecular weight excluding hydrogens is 396 g/mol. The molecule has 0 bridgehead atoms. The van der Waals surface area contributed by atoms with E-state index in [1.54, 1.807) is 12.1 Å². The summed E-state index contributed by atoms with van der Waals surface area (Å²) in [6.07, 6.45) is 1.45. The summed E-state index contributed by atoms with van der Waals surface area (Å²) >= 11 is 0.